The molecule has 2 fully saturated rings. The Labute approximate surface area is 119 Å². The molecule has 20 heavy (non-hydrogen) atoms. The third-order valence-corrected chi connectivity index (χ3v) is 5.04. The van der Waals surface area contributed by atoms with Crippen LogP contribution in [0.25, 0.3) is 0 Å². The first-order chi connectivity index (χ1) is 9.54. The van der Waals surface area contributed by atoms with Crippen molar-refractivity contribution < 1.29 is 8.78 Å². The van der Waals surface area contributed by atoms with Gasteiger partial charge in [0.2, 0.25) is 0 Å². The predicted molar refractivity (Wildman–Crippen MR) is 75.5 cm³/mol. The molecule has 0 saturated carbocycles. The summed E-state index contributed by atoms with van der Waals surface area (Å²) in [5.74, 6) is -0.685. The molecule has 3 rings (SSSR count). The van der Waals surface area contributed by atoms with Crippen LogP contribution in [-0.2, 0) is 0 Å². The van der Waals surface area contributed by atoms with Crippen molar-refractivity contribution in [2.45, 2.75) is 56.8 Å². The molecule has 1 N–H and O–H groups in total. The van der Waals surface area contributed by atoms with Crippen molar-refractivity contribution in [3.63, 3.8) is 0 Å². The predicted octanol–water partition coefficient (Wildman–Crippen LogP) is 3.24. The molecule has 3 atom stereocenters. The summed E-state index contributed by atoms with van der Waals surface area (Å²) < 4.78 is 27.3. The highest BCUT2D eigenvalue weighted by atomic mass is 19.1. The Kier molecular flexibility index (Phi) is 3.78. The van der Waals surface area contributed by atoms with Crippen molar-refractivity contribution in [3.8, 4) is 0 Å². The monoisotopic (exact) mass is 280 g/mol. The zero-order chi connectivity index (χ0) is 14.3. The van der Waals surface area contributed by atoms with E-state index in [2.05, 4.69) is 10.2 Å². The third-order valence-electron chi connectivity index (χ3n) is 5.04. The van der Waals surface area contributed by atoms with Gasteiger partial charge in [-0.15, -0.1) is 0 Å². The van der Waals surface area contributed by atoms with Crippen LogP contribution in [0.1, 0.15) is 44.2 Å². The fourth-order valence-electron chi connectivity index (χ4n) is 3.73. The summed E-state index contributed by atoms with van der Waals surface area (Å²) in [4.78, 5) is 2.21. The second-order valence-electron chi connectivity index (χ2n) is 6.27. The van der Waals surface area contributed by atoms with Gasteiger partial charge in [-0.25, -0.2) is 8.78 Å². The van der Waals surface area contributed by atoms with Crippen molar-refractivity contribution in [2.75, 3.05) is 7.05 Å². The van der Waals surface area contributed by atoms with Crippen molar-refractivity contribution >= 4 is 0 Å². The first-order valence-corrected chi connectivity index (χ1v) is 7.47. The van der Waals surface area contributed by atoms with E-state index in [0.29, 0.717) is 23.7 Å². The van der Waals surface area contributed by atoms with E-state index in [9.17, 15) is 8.78 Å². The Morgan fingerprint density at radius 3 is 2.50 bits per heavy atom. The van der Waals surface area contributed by atoms with Crippen molar-refractivity contribution in [2.24, 2.45) is 0 Å². The first-order valence-electron chi connectivity index (χ1n) is 7.47. The lowest BCUT2D eigenvalue weighted by atomic mass is 9.95. The van der Waals surface area contributed by atoms with E-state index in [4.69, 9.17) is 0 Å². The quantitative estimate of drug-likeness (QED) is 0.914. The second-order valence-corrected chi connectivity index (χ2v) is 6.27. The Bertz CT molecular complexity index is 479. The summed E-state index contributed by atoms with van der Waals surface area (Å²) in [6.07, 6.45) is 4.71. The number of fused-ring (bicyclic) bond motifs is 2. The summed E-state index contributed by atoms with van der Waals surface area (Å²) in [6, 6.07) is 5.28. The molecule has 0 amide bonds. The van der Waals surface area contributed by atoms with Crippen LogP contribution in [0.3, 0.4) is 0 Å². The number of hydrogen-bond donors (Lipinski definition) is 1. The molecular weight excluding hydrogens is 258 g/mol. The van der Waals surface area contributed by atoms with Crippen LogP contribution in [0.5, 0.6) is 0 Å². The van der Waals surface area contributed by atoms with E-state index in [1.54, 1.807) is 0 Å². The number of hydrogen-bond acceptors (Lipinski definition) is 2. The summed E-state index contributed by atoms with van der Waals surface area (Å²) >= 11 is 0. The van der Waals surface area contributed by atoms with E-state index < -0.39 is 0 Å². The molecule has 0 radical (unpaired) electrons. The summed E-state index contributed by atoms with van der Waals surface area (Å²) in [7, 11) is 2.03. The zero-order valence-electron chi connectivity index (χ0n) is 12.1. The normalized spacial score (nSPS) is 30.8. The molecule has 2 nitrogen and oxygen atoms in total. The van der Waals surface area contributed by atoms with E-state index in [0.717, 1.165) is 12.8 Å². The highest BCUT2D eigenvalue weighted by molar-refractivity contribution is 5.22. The molecule has 4 heteroatoms. The maximum Gasteiger partial charge on any atom is 0.128 e. The largest absolute Gasteiger partial charge is 0.311 e. The number of halogens is 2. The highest BCUT2D eigenvalue weighted by Crippen LogP contribution is 2.33. The summed E-state index contributed by atoms with van der Waals surface area (Å²) in [6.45, 7) is 1.96. The van der Waals surface area contributed by atoms with Gasteiger partial charge in [0.25, 0.3) is 0 Å². The van der Waals surface area contributed by atoms with Crippen LogP contribution in [0, 0.1) is 11.6 Å². The molecule has 2 bridgehead atoms. The molecule has 0 spiro atoms. The van der Waals surface area contributed by atoms with Gasteiger partial charge >= 0.3 is 0 Å². The Balaban J connectivity index is 1.76. The number of nitrogens with one attached hydrogen (secondary N) is 1. The lowest BCUT2D eigenvalue weighted by Crippen LogP contribution is -2.47. The van der Waals surface area contributed by atoms with Gasteiger partial charge in [0.1, 0.15) is 11.6 Å². The molecule has 1 aromatic carbocycles. The lowest BCUT2D eigenvalue weighted by molar-refractivity contribution is 0.130. The number of piperidine rings is 1. The topological polar surface area (TPSA) is 15.3 Å². The van der Waals surface area contributed by atoms with E-state index >= 15 is 0 Å². The Morgan fingerprint density at radius 2 is 1.85 bits per heavy atom. The van der Waals surface area contributed by atoms with Crippen LogP contribution >= 0.6 is 0 Å². The summed E-state index contributed by atoms with van der Waals surface area (Å²) in [5, 5.41) is 3.61. The molecule has 2 aliphatic rings. The fraction of sp³-hybridized carbons (Fsp3) is 0.625. The van der Waals surface area contributed by atoms with Gasteiger partial charge < -0.3 is 5.32 Å². The number of nitrogens with zero attached hydrogens (tertiary/aromatic N) is 1. The summed E-state index contributed by atoms with van der Waals surface area (Å²) in [5.41, 5.74) is 0.457. The van der Waals surface area contributed by atoms with Crippen LogP contribution in [0.15, 0.2) is 18.2 Å². The van der Waals surface area contributed by atoms with Crippen LogP contribution in [-0.4, -0.2) is 30.1 Å². The molecule has 2 heterocycles. The second kappa shape index (κ2) is 5.41. The minimum Gasteiger partial charge on any atom is -0.311 e. The van der Waals surface area contributed by atoms with Crippen LogP contribution < -0.4 is 5.32 Å². The smallest absolute Gasteiger partial charge is 0.128 e. The lowest BCUT2D eigenvalue weighted by Gasteiger charge is -2.39. The molecule has 2 aliphatic heterocycles. The Hall–Kier alpha value is -1.00. The van der Waals surface area contributed by atoms with Crippen molar-refractivity contribution in [1.82, 2.24) is 10.2 Å². The molecule has 2 saturated heterocycles. The standard InChI is InChI=1S/C16H22F2N2/c1-10(15-7-11(17)3-6-16(15)18)20(2)14-8-12-4-5-13(9-14)19-12/h3,6-7,10,12-14,19H,4-5,8-9H2,1-2H3. The van der Waals surface area contributed by atoms with Crippen LogP contribution in [0.4, 0.5) is 8.78 Å². The molecular formula is C16H22F2N2. The molecule has 1 aromatic rings. The van der Waals surface area contributed by atoms with Crippen molar-refractivity contribution in [3.05, 3.63) is 35.4 Å². The minimum absolute atomic E-state index is 0.104. The highest BCUT2D eigenvalue weighted by Gasteiger charge is 2.36. The zero-order valence-corrected chi connectivity index (χ0v) is 12.1. The van der Waals surface area contributed by atoms with E-state index in [1.807, 2.05) is 14.0 Å². The van der Waals surface area contributed by atoms with E-state index in [1.165, 1.54) is 31.0 Å². The maximum atomic E-state index is 13.9. The fourth-order valence-corrected chi connectivity index (χ4v) is 3.73. The SMILES string of the molecule is CC(c1cc(F)ccc1F)N(C)C1CC2CCC(C1)N2. The van der Waals surface area contributed by atoms with Gasteiger partial charge in [-0.2, -0.15) is 0 Å². The van der Waals surface area contributed by atoms with Gasteiger partial charge in [0, 0.05) is 29.7 Å². The number of rotatable bonds is 3. The third kappa shape index (κ3) is 2.59. The molecule has 0 aromatic heterocycles. The van der Waals surface area contributed by atoms with Gasteiger partial charge in [-0.3, -0.25) is 4.90 Å². The van der Waals surface area contributed by atoms with Crippen LogP contribution in [0.2, 0.25) is 0 Å². The van der Waals surface area contributed by atoms with E-state index in [-0.39, 0.29) is 17.7 Å². The Morgan fingerprint density at radius 1 is 1.20 bits per heavy atom. The van der Waals surface area contributed by atoms with Gasteiger partial charge in [0.15, 0.2) is 0 Å². The molecule has 0 aliphatic carbocycles. The molecule has 110 valence electrons. The van der Waals surface area contributed by atoms with Gasteiger partial charge in [0.05, 0.1) is 0 Å². The number of benzene rings is 1. The first kappa shape index (κ1) is 14.0. The van der Waals surface area contributed by atoms with Gasteiger partial charge in [-0.05, 0) is 57.9 Å². The minimum atomic E-state index is -0.368. The average molecular weight is 280 g/mol. The van der Waals surface area contributed by atoms with Gasteiger partial charge in [-0.1, -0.05) is 0 Å². The van der Waals surface area contributed by atoms with Crippen molar-refractivity contribution in [1.29, 1.82) is 0 Å². The molecule has 3 unspecified atom stereocenters. The maximum absolute atomic E-state index is 13.9. The average Bonchev–Trinajstić information content (AvgIpc) is 2.78.